The standard InChI is InChI=1S/C36H43N5O7/c1-24-21-26(22-25(2)32(24)42)23-31(33(43)37-15-8-17-39-16-7-6-11-30(39)34(44)47-3)48-36(46)40-18-13-28(14-19-40)41-20-12-27-9-4-5-10-29(27)38-35(41)45/h4-5,9-10,17,21-22,28,30-31,42H,6-7,11-14,16,18-20,23H2,1-3H3,(H,38,45)/t30-,31+/m0/s1. The monoisotopic (exact) mass is 657 g/mol. The van der Waals surface area contributed by atoms with Crippen LogP contribution in [0.15, 0.2) is 53.3 Å². The third-order valence-electron chi connectivity index (χ3n) is 9.27. The quantitative estimate of drug-likeness (QED) is 0.252. The molecule has 12 heteroatoms. The van der Waals surface area contributed by atoms with Crippen LogP contribution in [0.5, 0.6) is 5.75 Å². The number of ether oxygens (including phenoxy) is 2. The summed E-state index contributed by atoms with van der Waals surface area (Å²) in [7, 11) is 1.35. The number of nitrogens with zero attached hydrogens (tertiary/aromatic N) is 4. The maximum Gasteiger partial charge on any atom is 0.410 e. The number of amides is 4. The summed E-state index contributed by atoms with van der Waals surface area (Å²) in [5, 5.41) is 13.2. The first-order chi connectivity index (χ1) is 23.1. The molecule has 12 nitrogen and oxygen atoms in total. The molecule has 2 saturated heterocycles. The molecule has 2 aromatic carbocycles. The summed E-state index contributed by atoms with van der Waals surface area (Å²) in [5.41, 5.74) is 6.63. The second-order valence-electron chi connectivity index (χ2n) is 12.5. The Bertz CT molecular complexity index is 1610. The minimum Gasteiger partial charge on any atom is -0.507 e. The molecular weight excluding hydrogens is 614 g/mol. The number of aryl methyl sites for hydroxylation is 2. The second kappa shape index (κ2) is 15.7. The average molecular weight is 658 g/mol. The van der Waals surface area contributed by atoms with Crippen molar-refractivity contribution in [3.05, 3.63) is 70.6 Å². The van der Waals surface area contributed by atoms with Crippen LogP contribution in [0.2, 0.25) is 0 Å². The molecular formula is C36H43N5O7. The molecule has 48 heavy (non-hydrogen) atoms. The van der Waals surface area contributed by atoms with Crippen molar-refractivity contribution in [2.75, 3.05) is 38.6 Å². The molecule has 5 rings (SSSR count). The van der Waals surface area contributed by atoms with Crippen LogP contribution < -0.4 is 5.32 Å². The number of rotatable bonds is 7. The van der Waals surface area contributed by atoms with Crippen LogP contribution in [0, 0.1) is 13.8 Å². The molecule has 0 radical (unpaired) electrons. The molecule has 3 heterocycles. The van der Waals surface area contributed by atoms with Crippen LogP contribution in [-0.4, -0.2) is 101 Å². The van der Waals surface area contributed by atoms with Gasteiger partial charge in [-0.25, -0.2) is 14.4 Å². The summed E-state index contributed by atoms with van der Waals surface area (Å²) >= 11 is 0. The largest absolute Gasteiger partial charge is 0.507 e. The summed E-state index contributed by atoms with van der Waals surface area (Å²) in [5.74, 6) is 1.62. The summed E-state index contributed by atoms with van der Waals surface area (Å²) in [6.45, 7) is 5.46. The van der Waals surface area contributed by atoms with E-state index in [1.807, 2.05) is 29.2 Å². The summed E-state index contributed by atoms with van der Waals surface area (Å²) < 4.78 is 10.7. The Hall–Kier alpha value is -5.05. The number of para-hydroxylation sites is 1. The first-order valence-corrected chi connectivity index (χ1v) is 16.5. The van der Waals surface area contributed by atoms with E-state index in [-0.39, 0.29) is 30.2 Å². The van der Waals surface area contributed by atoms with Crippen LogP contribution in [0.25, 0.3) is 0 Å². The van der Waals surface area contributed by atoms with Gasteiger partial charge < -0.3 is 34.6 Å². The Labute approximate surface area is 280 Å². The number of anilines is 1. The fraction of sp³-hybridized carbons (Fsp3) is 0.472. The van der Waals surface area contributed by atoms with Gasteiger partial charge >= 0.3 is 18.1 Å². The number of likely N-dealkylation sites (tertiary alicyclic amines) is 2. The number of hydrogen-bond donors (Lipinski definition) is 2. The lowest BCUT2D eigenvalue weighted by molar-refractivity contribution is -0.147. The first kappa shape index (κ1) is 34.3. The van der Waals surface area contributed by atoms with Gasteiger partial charge in [-0.2, -0.15) is 4.99 Å². The highest BCUT2D eigenvalue weighted by atomic mass is 16.6. The number of carbonyl (C=O) groups excluding carboxylic acids is 4. The number of methoxy groups -OCH3 is 1. The van der Waals surface area contributed by atoms with Crippen molar-refractivity contribution >= 4 is 35.6 Å². The third kappa shape index (κ3) is 8.26. The SMILES string of the molecule is COC(=O)[C@@H]1CCCCN1C=C=C=NC(=O)[C@@H](Cc1cc(C)c(O)c(C)c1)OC(=O)N1CCC(N2CCc3ccccc3NC2=O)CC1. The number of phenols is 1. The van der Waals surface area contributed by atoms with Gasteiger partial charge in [0.2, 0.25) is 0 Å². The molecule has 2 N–H and O–H groups in total. The van der Waals surface area contributed by atoms with Gasteiger partial charge in [-0.05, 0) is 86.4 Å². The van der Waals surface area contributed by atoms with E-state index >= 15 is 0 Å². The Balaban J connectivity index is 1.26. The normalized spacial score (nSPS) is 18.7. The number of phenolic OH excluding ortho intramolecular Hbond substituents is 1. The maximum absolute atomic E-state index is 13.4. The van der Waals surface area contributed by atoms with Crippen molar-refractivity contribution in [3.63, 3.8) is 0 Å². The van der Waals surface area contributed by atoms with E-state index in [0.29, 0.717) is 62.1 Å². The van der Waals surface area contributed by atoms with Gasteiger partial charge in [-0.1, -0.05) is 30.3 Å². The third-order valence-corrected chi connectivity index (χ3v) is 9.27. The fourth-order valence-electron chi connectivity index (χ4n) is 6.62. The van der Waals surface area contributed by atoms with Crippen LogP contribution in [-0.2, 0) is 31.9 Å². The molecule has 2 atom stereocenters. The lowest BCUT2D eigenvalue weighted by Gasteiger charge is -2.37. The van der Waals surface area contributed by atoms with Crippen LogP contribution in [0.3, 0.4) is 0 Å². The summed E-state index contributed by atoms with van der Waals surface area (Å²) in [6.07, 6.45) is 4.04. The number of aromatic hydroxyl groups is 1. The minimum absolute atomic E-state index is 0.0380. The molecule has 2 fully saturated rings. The van der Waals surface area contributed by atoms with Gasteiger partial charge in [0, 0.05) is 50.2 Å². The second-order valence-corrected chi connectivity index (χ2v) is 12.5. The molecule has 254 valence electrons. The minimum atomic E-state index is -1.25. The first-order valence-electron chi connectivity index (χ1n) is 16.5. The van der Waals surface area contributed by atoms with E-state index in [4.69, 9.17) is 9.47 Å². The van der Waals surface area contributed by atoms with E-state index in [0.717, 1.165) is 30.5 Å². The van der Waals surface area contributed by atoms with Crippen LogP contribution in [0.1, 0.15) is 54.4 Å². The molecule has 0 aromatic heterocycles. The van der Waals surface area contributed by atoms with E-state index in [9.17, 15) is 24.3 Å². The predicted octanol–water partition coefficient (Wildman–Crippen LogP) is 4.50. The van der Waals surface area contributed by atoms with Crippen molar-refractivity contribution in [2.24, 2.45) is 4.99 Å². The number of esters is 1. The smallest absolute Gasteiger partial charge is 0.410 e. The zero-order valence-corrected chi connectivity index (χ0v) is 27.7. The highest BCUT2D eigenvalue weighted by Gasteiger charge is 2.34. The van der Waals surface area contributed by atoms with Gasteiger partial charge in [-0.15, -0.1) is 0 Å². The Kier molecular flexibility index (Phi) is 11.2. The van der Waals surface area contributed by atoms with E-state index in [2.05, 4.69) is 21.9 Å². The zero-order chi connectivity index (χ0) is 34.2. The van der Waals surface area contributed by atoms with E-state index in [1.54, 1.807) is 42.0 Å². The van der Waals surface area contributed by atoms with Crippen molar-refractivity contribution in [1.29, 1.82) is 0 Å². The molecule has 3 aliphatic heterocycles. The average Bonchev–Trinajstić information content (AvgIpc) is 3.26. The van der Waals surface area contributed by atoms with Crippen molar-refractivity contribution < 1.29 is 33.8 Å². The van der Waals surface area contributed by atoms with Gasteiger partial charge in [0.1, 0.15) is 11.8 Å². The molecule has 4 amide bonds. The number of aliphatic imine (C=N–C) groups is 1. The maximum atomic E-state index is 13.4. The predicted molar refractivity (Wildman–Crippen MR) is 179 cm³/mol. The fourth-order valence-corrected chi connectivity index (χ4v) is 6.62. The number of benzene rings is 2. The van der Waals surface area contributed by atoms with Crippen molar-refractivity contribution in [1.82, 2.24) is 14.7 Å². The van der Waals surface area contributed by atoms with E-state index < -0.39 is 24.1 Å². The van der Waals surface area contributed by atoms with Crippen molar-refractivity contribution in [2.45, 2.75) is 77.0 Å². The number of hydrogen-bond acceptors (Lipinski definition) is 8. The number of piperidine rings is 2. The van der Waals surface area contributed by atoms with Gasteiger partial charge in [0.15, 0.2) is 6.10 Å². The number of fused-ring (bicyclic) bond motifs is 1. The van der Waals surface area contributed by atoms with Gasteiger partial charge in [0.05, 0.1) is 13.3 Å². The molecule has 0 saturated carbocycles. The highest BCUT2D eigenvalue weighted by Crippen LogP contribution is 2.26. The lowest BCUT2D eigenvalue weighted by Crippen LogP contribution is -2.50. The van der Waals surface area contributed by atoms with Gasteiger partial charge in [0.25, 0.3) is 5.91 Å². The Morgan fingerprint density at radius 1 is 1.06 bits per heavy atom. The Morgan fingerprint density at radius 3 is 2.52 bits per heavy atom. The number of carbonyl (C=O) groups is 4. The molecule has 0 unspecified atom stereocenters. The van der Waals surface area contributed by atoms with Gasteiger partial charge in [-0.3, -0.25) is 4.79 Å². The number of nitrogens with one attached hydrogen (secondary N) is 1. The van der Waals surface area contributed by atoms with E-state index in [1.165, 1.54) is 7.11 Å². The molecule has 0 bridgehead atoms. The Morgan fingerprint density at radius 2 is 1.79 bits per heavy atom. The molecule has 2 aromatic rings. The van der Waals surface area contributed by atoms with Crippen LogP contribution in [0.4, 0.5) is 15.3 Å². The lowest BCUT2D eigenvalue weighted by atomic mass is 10.0. The topological polar surface area (TPSA) is 141 Å². The molecule has 0 spiro atoms. The van der Waals surface area contributed by atoms with Crippen LogP contribution >= 0.6 is 0 Å². The molecule has 0 aliphatic carbocycles. The number of urea groups is 1. The molecule has 3 aliphatic rings. The highest BCUT2D eigenvalue weighted by molar-refractivity contribution is 5.91. The van der Waals surface area contributed by atoms with Crippen molar-refractivity contribution in [3.8, 4) is 5.75 Å². The zero-order valence-electron chi connectivity index (χ0n) is 27.7. The summed E-state index contributed by atoms with van der Waals surface area (Å²) in [4.78, 5) is 61.0. The summed E-state index contributed by atoms with van der Waals surface area (Å²) in [6, 6.07) is 10.7.